The van der Waals surface area contributed by atoms with Crippen LogP contribution < -0.4 is 0 Å². The van der Waals surface area contributed by atoms with Gasteiger partial charge in [0.05, 0.1) is 12.5 Å². The van der Waals surface area contributed by atoms with E-state index in [9.17, 15) is 8.42 Å². The zero-order chi connectivity index (χ0) is 7.78. The molecule has 0 radical (unpaired) electrons. The van der Waals surface area contributed by atoms with Crippen molar-refractivity contribution in [1.29, 1.82) is 0 Å². The third kappa shape index (κ3) is 2.36. The number of hydrogen-bond donors (Lipinski definition) is 0. The quantitative estimate of drug-likeness (QED) is 0.653. The van der Waals surface area contributed by atoms with Crippen LogP contribution in [-0.2, 0) is 16.1 Å². The molecule has 0 N–H and O–H groups in total. The van der Waals surface area contributed by atoms with Gasteiger partial charge in [-0.3, -0.25) is 0 Å². The summed E-state index contributed by atoms with van der Waals surface area (Å²) in [5.41, 5.74) is 0. The Labute approximate surface area is 75.0 Å². The average molecular weight is 217 g/mol. The van der Waals surface area contributed by atoms with E-state index in [0.717, 1.165) is 0 Å². The van der Waals surface area contributed by atoms with Gasteiger partial charge < -0.3 is 4.57 Å². The smallest absolute Gasteiger partial charge is 0.278 e. The lowest BCUT2D eigenvalue weighted by Crippen LogP contribution is -1.97. The summed E-state index contributed by atoms with van der Waals surface area (Å²) < 4.78 is 22.6. The molecule has 0 bridgehead atoms. The van der Waals surface area contributed by atoms with Crippen LogP contribution in [0.3, 0.4) is 0 Å². The molecular formula is C4H6Cl2N2O2S. The van der Waals surface area contributed by atoms with Crippen molar-refractivity contribution in [3.8, 4) is 0 Å². The van der Waals surface area contributed by atoms with E-state index in [0.29, 0.717) is 0 Å². The molecule has 1 aromatic heterocycles. The minimum absolute atomic E-state index is 0. The summed E-state index contributed by atoms with van der Waals surface area (Å²) in [4.78, 5) is 3.59. The first-order chi connectivity index (χ1) is 4.52. The monoisotopic (exact) mass is 216 g/mol. The Balaban J connectivity index is 0.000001000. The summed E-state index contributed by atoms with van der Waals surface area (Å²) in [6.45, 7) is 0. The molecule has 0 aromatic carbocycles. The van der Waals surface area contributed by atoms with Crippen LogP contribution in [0.5, 0.6) is 0 Å². The molecule has 0 unspecified atom stereocenters. The highest BCUT2D eigenvalue weighted by Crippen LogP contribution is 2.11. The second-order valence-corrected chi connectivity index (χ2v) is 4.29. The maximum atomic E-state index is 10.6. The molecule has 0 saturated heterocycles. The van der Waals surface area contributed by atoms with E-state index in [2.05, 4.69) is 4.98 Å². The van der Waals surface area contributed by atoms with Crippen molar-refractivity contribution in [3.63, 3.8) is 0 Å². The summed E-state index contributed by atoms with van der Waals surface area (Å²) in [6, 6.07) is 0. The van der Waals surface area contributed by atoms with E-state index in [4.69, 9.17) is 10.7 Å². The lowest BCUT2D eigenvalue weighted by Gasteiger charge is -1.93. The molecule has 0 aliphatic heterocycles. The Morgan fingerprint density at radius 2 is 2.18 bits per heavy atom. The maximum absolute atomic E-state index is 10.6. The largest absolute Gasteiger partial charge is 0.324 e. The van der Waals surface area contributed by atoms with Crippen LogP contribution in [0.25, 0.3) is 0 Å². The first-order valence-electron chi connectivity index (χ1n) is 2.43. The third-order valence-corrected chi connectivity index (χ3v) is 2.39. The van der Waals surface area contributed by atoms with Crippen LogP contribution in [0, 0.1) is 0 Å². The second-order valence-electron chi connectivity index (χ2n) is 1.78. The molecule has 0 aliphatic carbocycles. The lowest BCUT2D eigenvalue weighted by molar-refractivity contribution is 0.600. The Bertz CT molecular complexity index is 332. The Hall–Kier alpha value is -0.260. The number of rotatable bonds is 1. The molecule has 1 rings (SSSR count). The van der Waals surface area contributed by atoms with E-state index < -0.39 is 9.05 Å². The Morgan fingerprint density at radius 3 is 2.36 bits per heavy atom. The van der Waals surface area contributed by atoms with Crippen LogP contribution in [0.4, 0.5) is 0 Å². The zero-order valence-electron chi connectivity index (χ0n) is 5.56. The van der Waals surface area contributed by atoms with Crippen molar-refractivity contribution in [2.75, 3.05) is 0 Å². The minimum Gasteiger partial charge on any atom is -0.324 e. The highest BCUT2D eigenvalue weighted by atomic mass is 35.7. The number of hydrogen-bond acceptors (Lipinski definition) is 3. The highest BCUT2D eigenvalue weighted by molar-refractivity contribution is 8.13. The number of aryl methyl sites for hydroxylation is 1. The molecule has 11 heavy (non-hydrogen) atoms. The lowest BCUT2D eigenvalue weighted by atomic mass is 10.9. The van der Waals surface area contributed by atoms with Gasteiger partial charge in [0.15, 0.2) is 5.03 Å². The molecule has 0 fully saturated rings. The van der Waals surface area contributed by atoms with Gasteiger partial charge >= 0.3 is 0 Å². The summed E-state index contributed by atoms with van der Waals surface area (Å²) in [5, 5.41) is 0.00849. The van der Waals surface area contributed by atoms with Crippen LogP contribution in [-0.4, -0.2) is 18.0 Å². The molecule has 0 amide bonds. The fourth-order valence-electron chi connectivity index (χ4n) is 0.580. The predicted octanol–water partition coefficient (Wildman–Crippen LogP) is 0.769. The second kappa shape index (κ2) is 3.42. The highest BCUT2D eigenvalue weighted by Gasteiger charge is 2.12. The van der Waals surface area contributed by atoms with E-state index in [1.54, 1.807) is 7.05 Å². The molecule has 1 heterocycles. The molecule has 1 aromatic rings. The fraction of sp³-hybridized carbons (Fsp3) is 0.250. The Morgan fingerprint density at radius 1 is 1.64 bits per heavy atom. The molecule has 0 saturated carbocycles. The summed E-state index contributed by atoms with van der Waals surface area (Å²) in [6.07, 6.45) is 2.57. The molecule has 0 spiro atoms. The first kappa shape index (κ1) is 10.7. The van der Waals surface area contributed by atoms with Gasteiger partial charge in [-0.05, 0) is 0 Å². The van der Waals surface area contributed by atoms with Crippen molar-refractivity contribution >= 4 is 32.1 Å². The Kier molecular flexibility index (Phi) is 3.34. The van der Waals surface area contributed by atoms with Crippen molar-refractivity contribution in [3.05, 3.63) is 12.5 Å². The minimum atomic E-state index is -3.62. The first-order valence-corrected chi connectivity index (χ1v) is 4.74. The normalized spacial score (nSPS) is 10.7. The molecule has 4 nitrogen and oxygen atoms in total. The number of nitrogens with zero attached hydrogens (tertiary/aromatic N) is 2. The molecule has 0 atom stereocenters. The predicted molar refractivity (Wildman–Crippen MR) is 43.5 cm³/mol. The van der Waals surface area contributed by atoms with E-state index in [1.807, 2.05) is 0 Å². The van der Waals surface area contributed by atoms with Crippen molar-refractivity contribution in [2.24, 2.45) is 7.05 Å². The van der Waals surface area contributed by atoms with Crippen LogP contribution in [0.2, 0.25) is 0 Å². The van der Waals surface area contributed by atoms with Gasteiger partial charge in [-0.25, -0.2) is 13.4 Å². The van der Waals surface area contributed by atoms with Crippen molar-refractivity contribution in [1.82, 2.24) is 9.55 Å². The summed E-state index contributed by atoms with van der Waals surface area (Å²) in [7, 11) is 2.96. The average Bonchev–Trinajstić information content (AvgIpc) is 2.11. The molecule has 7 heteroatoms. The number of aromatic nitrogens is 2. The van der Waals surface area contributed by atoms with E-state index in [-0.39, 0.29) is 17.4 Å². The molecule has 64 valence electrons. The number of halogens is 2. The van der Waals surface area contributed by atoms with Crippen LogP contribution in [0.1, 0.15) is 0 Å². The van der Waals surface area contributed by atoms with E-state index in [1.165, 1.54) is 17.1 Å². The van der Waals surface area contributed by atoms with Gasteiger partial charge in [0, 0.05) is 17.7 Å². The zero-order valence-corrected chi connectivity index (χ0v) is 7.95. The molecule has 0 aliphatic rings. The van der Waals surface area contributed by atoms with Crippen molar-refractivity contribution in [2.45, 2.75) is 5.03 Å². The summed E-state index contributed by atoms with van der Waals surface area (Å²) in [5.74, 6) is 0. The fourth-order valence-corrected chi connectivity index (χ4v) is 1.60. The van der Waals surface area contributed by atoms with Gasteiger partial charge in [-0.15, -0.1) is 12.4 Å². The van der Waals surface area contributed by atoms with Gasteiger partial charge in [0.2, 0.25) is 0 Å². The van der Waals surface area contributed by atoms with Gasteiger partial charge in [-0.2, -0.15) is 0 Å². The van der Waals surface area contributed by atoms with Crippen LogP contribution >= 0.6 is 23.1 Å². The van der Waals surface area contributed by atoms with E-state index >= 15 is 0 Å². The summed E-state index contributed by atoms with van der Waals surface area (Å²) >= 11 is 0. The SMILES string of the molecule is Cl.Cn1cncc1S(=O)(=O)Cl. The maximum Gasteiger partial charge on any atom is 0.278 e. The number of imidazole rings is 1. The van der Waals surface area contributed by atoms with Gasteiger partial charge in [0.1, 0.15) is 0 Å². The topological polar surface area (TPSA) is 52.0 Å². The third-order valence-electron chi connectivity index (χ3n) is 1.02. The molecular weight excluding hydrogens is 211 g/mol. The van der Waals surface area contributed by atoms with Gasteiger partial charge in [-0.1, -0.05) is 0 Å². The van der Waals surface area contributed by atoms with Gasteiger partial charge in [0.25, 0.3) is 9.05 Å². The van der Waals surface area contributed by atoms with Crippen molar-refractivity contribution < 1.29 is 8.42 Å². The van der Waals surface area contributed by atoms with Crippen LogP contribution in [0.15, 0.2) is 17.6 Å². The standard InChI is InChI=1S/C4H5ClN2O2S.ClH/c1-7-3-6-2-4(7)10(5,8)9;/h2-3H,1H3;1H.